The van der Waals surface area contributed by atoms with Gasteiger partial charge in [0.15, 0.2) is 0 Å². The molecule has 0 unspecified atom stereocenters. The molecule has 1 aromatic rings. The van der Waals surface area contributed by atoms with E-state index in [1.165, 1.54) is 0 Å². The summed E-state index contributed by atoms with van der Waals surface area (Å²) in [6.07, 6.45) is 3.72. The topological polar surface area (TPSA) is 75.4 Å². The van der Waals surface area contributed by atoms with E-state index < -0.39 is 0 Å². The van der Waals surface area contributed by atoms with Crippen LogP contribution in [0.15, 0.2) is 24.3 Å². The summed E-state index contributed by atoms with van der Waals surface area (Å²) in [7, 11) is 3.45. The number of nitrogens with zero attached hydrogens (tertiary/aromatic N) is 1. The van der Waals surface area contributed by atoms with Crippen LogP contribution in [0.5, 0.6) is 0 Å². The van der Waals surface area contributed by atoms with Gasteiger partial charge in [0.1, 0.15) is 0 Å². The predicted octanol–water partition coefficient (Wildman–Crippen LogP) is 1.52. The maximum Gasteiger partial charge on any atom is 0.253 e. The Kier molecular flexibility index (Phi) is 5.55. The molecular weight excluding hydrogens is 278 g/mol. The highest BCUT2D eigenvalue weighted by Crippen LogP contribution is 2.26. The lowest BCUT2D eigenvalue weighted by Crippen LogP contribution is -2.31. The summed E-state index contributed by atoms with van der Waals surface area (Å²) in [6.45, 7) is 0.483. The van der Waals surface area contributed by atoms with E-state index in [2.05, 4.69) is 5.32 Å². The Balaban J connectivity index is 1.81. The largest absolute Gasteiger partial charge is 0.352 e. The third-order valence-corrected chi connectivity index (χ3v) is 4.26. The van der Waals surface area contributed by atoms with E-state index in [1.54, 1.807) is 31.1 Å². The third kappa shape index (κ3) is 4.31. The van der Waals surface area contributed by atoms with Crippen LogP contribution in [0.25, 0.3) is 0 Å². The van der Waals surface area contributed by atoms with Gasteiger partial charge >= 0.3 is 0 Å². The second-order valence-electron chi connectivity index (χ2n) is 6.23. The molecule has 3 N–H and O–H groups in total. The molecule has 1 aliphatic carbocycles. The van der Waals surface area contributed by atoms with Crippen molar-refractivity contribution in [3.8, 4) is 0 Å². The van der Waals surface area contributed by atoms with E-state index in [0.717, 1.165) is 24.8 Å². The molecule has 5 heteroatoms. The van der Waals surface area contributed by atoms with Crippen LogP contribution < -0.4 is 11.1 Å². The Bertz CT molecular complexity index is 525. The Labute approximate surface area is 131 Å². The molecule has 0 heterocycles. The number of benzene rings is 1. The minimum Gasteiger partial charge on any atom is -0.352 e. The lowest BCUT2D eigenvalue weighted by Gasteiger charge is -2.15. The third-order valence-electron chi connectivity index (χ3n) is 4.26. The molecule has 22 heavy (non-hydrogen) atoms. The minimum atomic E-state index is -0.0224. The fourth-order valence-electron chi connectivity index (χ4n) is 2.85. The fourth-order valence-corrected chi connectivity index (χ4v) is 2.85. The van der Waals surface area contributed by atoms with E-state index in [-0.39, 0.29) is 17.9 Å². The Morgan fingerprint density at radius 1 is 1.23 bits per heavy atom. The van der Waals surface area contributed by atoms with Crippen molar-refractivity contribution in [1.82, 2.24) is 10.2 Å². The van der Waals surface area contributed by atoms with Gasteiger partial charge in [-0.3, -0.25) is 9.59 Å². The molecule has 0 aliphatic heterocycles. The molecule has 0 aromatic heterocycles. The van der Waals surface area contributed by atoms with Gasteiger partial charge in [0.05, 0.1) is 0 Å². The van der Waals surface area contributed by atoms with Crippen molar-refractivity contribution < 1.29 is 9.59 Å². The van der Waals surface area contributed by atoms with Crippen molar-refractivity contribution >= 4 is 11.8 Å². The van der Waals surface area contributed by atoms with Crippen LogP contribution in [-0.4, -0.2) is 36.9 Å². The molecule has 2 amide bonds. The molecule has 120 valence electrons. The van der Waals surface area contributed by atoms with Crippen LogP contribution in [0.1, 0.15) is 41.6 Å². The minimum absolute atomic E-state index is 0.0224. The fraction of sp³-hybridized carbons (Fsp3) is 0.529. The van der Waals surface area contributed by atoms with Crippen LogP contribution in [0.2, 0.25) is 0 Å². The summed E-state index contributed by atoms with van der Waals surface area (Å²) in [4.78, 5) is 25.3. The summed E-state index contributed by atoms with van der Waals surface area (Å²) < 4.78 is 0. The molecular formula is C17H25N3O2. The van der Waals surface area contributed by atoms with Crippen LogP contribution in [0, 0.1) is 5.92 Å². The standard InChI is InChI=1S/C17H25N3O2/c1-20(2)17(22)13-8-6-12(7-9-13)11-19-16(21)10-14-4-3-5-15(14)18/h6-9,14-15H,3-5,10-11,18H2,1-2H3,(H,19,21)/t14-,15+/m0/s1. The van der Waals surface area contributed by atoms with Gasteiger partial charge in [-0.05, 0) is 36.5 Å². The van der Waals surface area contributed by atoms with Crippen molar-refractivity contribution in [2.45, 2.75) is 38.3 Å². The van der Waals surface area contributed by atoms with Crippen LogP contribution >= 0.6 is 0 Å². The molecule has 2 atom stereocenters. The first-order valence-electron chi connectivity index (χ1n) is 7.80. The van der Waals surface area contributed by atoms with Gasteiger partial charge in [-0.15, -0.1) is 0 Å². The number of hydrogen-bond donors (Lipinski definition) is 2. The predicted molar refractivity (Wildman–Crippen MR) is 86.2 cm³/mol. The summed E-state index contributed by atoms with van der Waals surface area (Å²) in [5, 5.41) is 2.93. The zero-order valence-corrected chi connectivity index (χ0v) is 13.3. The van der Waals surface area contributed by atoms with Crippen molar-refractivity contribution in [2.75, 3.05) is 14.1 Å². The van der Waals surface area contributed by atoms with E-state index in [0.29, 0.717) is 24.4 Å². The van der Waals surface area contributed by atoms with E-state index >= 15 is 0 Å². The molecule has 0 bridgehead atoms. The summed E-state index contributed by atoms with van der Waals surface area (Å²) in [5.74, 6) is 0.349. The van der Waals surface area contributed by atoms with Gasteiger partial charge in [0, 0.05) is 38.7 Å². The van der Waals surface area contributed by atoms with Crippen molar-refractivity contribution in [2.24, 2.45) is 11.7 Å². The van der Waals surface area contributed by atoms with Crippen LogP contribution in [0.4, 0.5) is 0 Å². The monoisotopic (exact) mass is 303 g/mol. The smallest absolute Gasteiger partial charge is 0.253 e. The summed E-state index contributed by atoms with van der Waals surface area (Å²) >= 11 is 0. The second-order valence-corrected chi connectivity index (χ2v) is 6.23. The van der Waals surface area contributed by atoms with Gasteiger partial charge in [-0.1, -0.05) is 18.6 Å². The highest BCUT2D eigenvalue weighted by molar-refractivity contribution is 5.93. The quantitative estimate of drug-likeness (QED) is 0.866. The maximum absolute atomic E-state index is 12.0. The zero-order chi connectivity index (χ0) is 16.1. The first-order valence-corrected chi connectivity index (χ1v) is 7.80. The zero-order valence-electron chi connectivity index (χ0n) is 13.3. The van der Waals surface area contributed by atoms with Gasteiger partial charge in [-0.25, -0.2) is 0 Å². The average Bonchev–Trinajstić information content (AvgIpc) is 2.90. The highest BCUT2D eigenvalue weighted by atomic mass is 16.2. The highest BCUT2D eigenvalue weighted by Gasteiger charge is 2.25. The molecule has 1 saturated carbocycles. The molecule has 2 rings (SSSR count). The number of nitrogens with one attached hydrogen (secondary N) is 1. The second kappa shape index (κ2) is 7.40. The number of carbonyl (C=O) groups is 2. The van der Waals surface area contributed by atoms with Gasteiger partial charge in [0.2, 0.25) is 5.91 Å². The van der Waals surface area contributed by atoms with Crippen molar-refractivity contribution in [1.29, 1.82) is 0 Å². The number of nitrogens with two attached hydrogens (primary N) is 1. The first-order chi connectivity index (χ1) is 10.5. The molecule has 1 aliphatic rings. The molecule has 1 fully saturated rings. The number of carbonyl (C=O) groups excluding carboxylic acids is 2. The molecule has 0 saturated heterocycles. The van der Waals surface area contributed by atoms with Gasteiger partial charge in [0.25, 0.3) is 5.91 Å². The Hall–Kier alpha value is -1.88. The summed E-state index contributed by atoms with van der Waals surface area (Å²) in [6, 6.07) is 7.49. The number of amides is 2. The van der Waals surface area contributed by atoms with Crippen molar-refractivity contribution in [3.05, 3.63) is 35.4 Å². The van der Waals surface area contributed by atoms with Crippen molar-refractivity contribution in [3.63, 3.8) is 0 Å². The van der Waals surface area contributed by atoms with E-state index in [9.17, 15) is 9.59 Å². The van der Waals surface area contributed by atoms with E-state index in [1.807, 2.05) is 12.1 Å². The Morgan fingerprint density at radius 3 is 2.45 bits per heavy atom. The average molecular weight is 303 g/mol. The molecule has 5 nitrogen and oxygen atoms in total. The lowest BCUT2D eigenvalue weighted by molar-refractivity contribution is -0.122. The van der Waals surface area contributed by atoms with E-state index in [4.69, 9.17) is 5.73 Å². The maximum atomic E-state index is 12.0. The molecule has 1 aromatic carbocycles. The van der Waals surface area contributed by atoms with Gasteiger partial charge < -0.3 is 16.0 Å². The summed E-state index contributed by atoms with van der Waals surface area (Å²) in [5.41, 5.74) is 7.62. The molecule has 0 spiro atoms. The normalized spacial score (nSPS) is 20.7. The Morgan fingerprint density at radius 2 is 1.91 bits per heavy atom. The first kappa shape index (κ1) is 16.5. The molecule has 0 radical (unpaired) electrons. The number of rotatable bonds is 5. The SMILES string of the molecule is CN(C)C(=O)c1ccc(CNC(=O)C[C@@H]2CCC[C@H]2N)cc1. The lowest BCUT2D eigenvalue weighted by atomic mass is 10.00. The number of hydrogen-bond acceptors (Lipinski definition) is 3. The van der Waals surface area contributed by atoms with Crippen LogP contribution in [-0.2, 0) is 11.3 Å². The van der Waals surface area contributed by atoms with Crippen LogP contribution in [0.3, 0.4) is 0 Å². The van der Waals surface area contributed by atoms with Gasteiger partial charge in [-0.2, -0.15) is 0 Å².